The van der Waals surface area contributed by atoms with E-state index >= 15 is 0 Å². The van der Waals surface area contributed by atoms with Gasteiger partial charge in [0.2, 0.25) is 5.91 Å². The van der Waals surface area contributed by atoms with Gasteiger partial charge >= 0.3 is 12.1 Å². The molecule has 6 N–H and O–H groups in total. The lowest BCUT2D eigenvalue weighted by Crippen LogP contribution is -2.37. The number of halogens is 4. The number of carbonyl (C=O) groups excluding carboxylic acids is 2. The lowest BCUT2D eigenvalue weighted by Gasteiger charge is -2.26. The Morgan fingerprint density at radius 3 is 2.45 bits per heavy atom. The number of nitrogens with zero attached hydrogens (tertiary/aromatic N) is 4. The van der Waals surface area contributed by atoms with Crippen LogP contribution in [0.5, 0.6) is 5.75 Å². The predicted molar refractivity (Wildman–Crippen MR) is 165 cm³/mol. The van der Waals surface area contributed by atoms with Crippen molar-refractivity contribution in [2.45, 2.75) is 32.0 Å². The topological polar surface area (TPSA) is 208 Å². The number of rotatable bonds is 10. The van der Waals surface area contributed by atoms with E-state index in [9.17, 15) is 32.8 Å². The standard InChI is InChI=1S/C28H28ClN7O4.C2HF3O2/c1-16(4-3-8-30)26(28(39)34-19-7-9-36-23(11-19)22(14-33-36)27(32)38)35-15-24(40-2)21(12-25(35)37)20-10-18(29)6-5-17(20)13-31;3-2(4,5)1(6)7/h5-7,9-12,14-16,26H,3-4,8,30H2,1-2H3,(H2,32,38)(H,34,39);(H,6,7). The normalized spacial score (nSPS) is 12.3. The van der Waals surface area contributed by atoms with Crippen LogP contribution in [0.1, 0.15) is 41.7 Å². The zero-order valence-corrected chi connectivity index (χ0v) is 25.7. The lowest BCUT2D eigenvalue weighted by atomic mass is 9.94. The number of carboxylic acid groups (broad SMARTS) is 1. The minimum Gasteiger partial charge on any atom is -0.495 e. The van der Waals surface area contributed by atoms with E-state index in [1.54, 1.807) is 36.5 Å². The van der Waals surface area contributed by atoms with Gasteiger partial charge in [-0.25, -0.2) is 9.31 Å². The average Bonchev–Trinajstić information content (AvgIpc) is 3.44. The molecule has 4 rings (SSSR count). The summed E-state index contributed by atoms with van der Waals surface area (Å²) in [7, 11) is 1.44. The molecule has 0 aliphatic heterocycles. The van der Waals surface area contributed by atoms with Crippen LogP contribution in [0, 0.1) is 17.2 Å². The van der Waals surface area contributed by atoms with Crippen molar-refractivity contribution in [1.29, 1.82) is 5.26 Å². The SMILES string of the molecule is COc1cn(C(C(=O)Nc2ccn3ncc(C(N)=O)c3c2)C(C)CCCN)c(=O)cc1-c1cc(Cl)ccc1C#N.O=C(O)C(F)(F)F. The minimum absolute atomic E-state index is 0.207. The number of aromatic nitrogens is 3. The third kappa shape index (κ3) is 8.66. The maximum Gasteiger partial charge on any atom is 0.490 e. The molecule has 1 aromatic carbocycles. The molecule has 0 aliphatic rings. The molecule has 4 aromatic rings. The van der Waals surface area contributed by atoms with Crippen LogP contribution in [0.3, 0.4) is 0 Å². The number of hydrogen-bond donors (Lipinski definition) is 4. The number of pyridine rings is 2. The summed E-state index contributed by atoms with van der Waals surface area (Å²) in [6.07, 6.45) is 0.546. The van der Waals surface area contributed by atoms with E-state index in [0.29, 0.717) is 52.3 Å². The van der Waals surface area contributed by atoms with Gasteiger partial charge in [0.15, 0.2) is 0 Å². The molecule has 0 saturated carbocycles. The van der Waals surface area contributed by atoms with Crippen LogP contribution in [-0.2, 0) is 9.59 Å². The van der Waals surface area contributed by atoms with E-state index in [2.05, 4.69) is 16.5 Å². The largest absolute Gasteiger partial charge is 0.495 e. The highest BCUT2D eigenvalue weighted by Gasteiger charge is 2.38. The number of alkyl halides is 3. The highest BCUT2D eigenvalue weighted by Crippen LogP contribution is 2.34. The molecule has 0 saturated heterocycles. The number of amides is 2. The number of anilines is 1. The van der Waals surface area contributed by atoms with Crippen LogP contribution in [0.4, 0.5) is 18.9 Å². The van der Waals surface area contributed by atoms with E-state index in [4.69, 9.17) is 37.7 Å². The Morgan fingerprint density at radius 1 is 1.19 bits per heavy atom. The predicted octanol–water partition coefficient (Wildman–Crippen LogP) is 3.98. The summed E-state index contributed by atoms with van der Waals surface area (Å²) in [6, 6.07) is 10.4. The van der Waals surface area contributed by atoms with E-state index in [-0.39, 0.29) is 17.2 Å². The maximum absolute atomic E-state index is 13.7. The first-order valence-electron chi connectivity index (χ1n) is 13.7. The van der Waals surface area contributed by atoms with Gasteiger partial charge in [-0.15, -0.1) is 0 Å². The average molecular weight is 676 g/mol. The molecule has 3 aromatic heterocycles. The molecule has 0 aliphatic carbocycles. The number of methoxy groups -OCH3 is 1. The Balaban J connectivity index is 0.000000771. The van der Waals surface area contributed by atoms with Crippen LogP contribution >= 0.6 is 11.6 Å². The van der Waals surface area contributed by atoms with Crippen molar-refractivity contribution in [2.24, 2.45) is 17.4 Å². The lowest BCUT2D eigenvalue weighted by molar-refractivity contribution is -0.192. The van der Waals surface area contributed by atoms with Gasteiger partial charge in [-0.2, -0.15) is 23.5 Å². The third-order valence-corrected chi connectivity index (χ3v) is 7.16. The molecule has 2 atom stereocenters. The van der Waals surface area contributed by atoms with Crippen LogP contribution in [-0.4, -0.2) is 56.9 Å². The molecule has 2 amide bonds. The number of nitriles is 1. The molecule has 0 bridgehead atoms. The summed E-state index contributed by atoms with van der Waals surface area (Å²) < 4.78 is 40.1. The summed E-state index contributed by atoms with van der Waals surface area (Å²) in [6.45, 7) is 2.29. The number of nitrogens with two attached hydrogens (primary N) is 2. The van der Waals surface area contributed by atoms with E-state index < -0.39 is 35.6 Å². The first-order valence-corrected chi connectivity index (χ1v) is 14.1. The fourth-order valence-electron chi connectivity index (χ4n) is 4.68. The summed E-state index contributed by atoms with van der Waals surface area (Å²) in [5, 5.41) is 24.1. The monoisotopic (exact) mass is 675 g/mol. The molecule has 17 heteroatoms. The number of aliphatic carboxylic acids is 1. The van der Waals surface area contributed by atoms with Crippen LogP contribution in [0.25, 0.3) is 16.6 Å². The van der Waals surface area contributed by atoms with Gasteiger partial charge in [0.1, 0.15) is 11.8 Å². The van der Waals surface area contributed by atoms with Gasteiger partial charge in [0, 0.05) is 34.1 Å². The van der Waals surface area contributed by atoms with Crippen molar-refractivity contribution >= 4 is 40.6 Å². The number of hydrogen-bond acceptors (Lipinski definition) is 8. The number of benzene rings is 1. The Morgan fingerprint density at radius 2 is 1.87 bits per heavy atom. The molecule has 3 heterocycles. The zero-order chi connectivity index (χ0) is 35.1. The molecular weight excluding hydrogens is 647 g/mol. The number of nitrogens with one attached hydrogen (secondary N) is 1. The quantitative estimate of drug-likeness (QED) is 0.191. The summed E-state index contributed by atoms with van der Waals surface area (Å²) in [5.41, 5.74) is 12.9. The molecule has 13 nitrogen and oxygen atoms in total. The fourth-order valence-corrected chi connectivity index (χ4v) is 4.85. The summed E-state index contributed by atoms with van der Waals surface area (Å²) >= 11 is 6.18. The van der Waals surface area contributed by atoms with Crippen LogP contribution in [0.2, 0.25) is 5.02 Å². The molecule has 0 spiro atoms. The van der Waals surface area contributed by atoms with Gasteiger partial charge in [-0.05, 0) is 55.6 Å². The second kappa shape index (κ2) is 15.3. The molecular formula is C30H29ClF3N7O6. The van der Waals surface area contributed by atoms with Crippen molar-refractivity contribution in [2.75, 3.05) is 19.0 Å². The van der Waals surface area contributed by atoms with Gasteiger partial charge in [-0.3, -0.25) is 19.0 Å². The van der Waals surface area contributed by atoms with E-state index in [1.807, 2.05) is 6.92 Å². The Bertz CT molecular complexity index is 1900. The molecule has 2 unspecified atom stereocenters. The van der Waals surface area contributed by atoms with Crippen molar-refractivity contribution in [3.05, 3.63) is 81.5 Å². The van der Waals surface area contributed by atoms with Gasteiger partial charge < -0.3 is 26.6 Å². The first kappa shape index (κ1) is 36.1. The Labute approximate surface area is 270 Å². The third-order valence-electron chi connectivity index (χ3n) is 6.92. The maximum atomic E-state index is 13.7. The number of carbonyl (C=O) groups is 3. The smallest absolute Gasteiger partial charge is 0.490 e. The second-order valence-corrected chi connectivity index (χ2v) is 10.6. The van der Waals surface area contributed by atoms with E-state index in [1.165, 1.54) is 34.7 Å². The molecule has 0 fully saturated rings. The summed E-state index contributed by atoms with van der Waals surface area (Å²) in [4.78, 5) is 47.9. The Hall–Kier alpha value is -5.40. The molecule has 47 heavy (non-hydrogen) atoms. The molecule has 248 valence electrons. The van der Waals surface area contributed by atoms with Crippen molar-refractivity contribution in [1.82, 2.24) is 14.2 Å². The van der Waals surface area contributed by atoms with Gasteiger partial charge in [0.05, 0.1) is 42.2 Å². The highest BCUT2D eigenvalue weighted by atomic mass is 35.5. The van der Waals surface area contributed by atoms with Crippen molar-refractivity contribution in [3.63, 3.8) is 0 Å². The highest BCUT2D eigenvalue weighted by molar-refractivity contribution is 6.31. The molecule has 0 radical (unpaired) electrons. The number of fused-ring (bicyclic) bond motifs is 1. The van der Waals surface area contributed by atoms with Crippen LogP contribution in [0.15, 0.2) is 59.8 Å². The second-order valence-electron chi connectivity index (χ2n) is 10.1. The Kier molecular flexibility index (Phi) is 11.7. The first-order chi connectivity index (χ1) is 22.1. The van der Waals surface area contributed by atoms with Gasteiger partial charge in [-0.1, -0.05) is 18.5 Å². The van der Waals surface area contributed by atoms with Crippen molar-refractivity contribution in [3.8, 4) is 22.9 Å². The number of carboxylic acids is 1. The summed E-state index contributed by atoms with van der Waals surface area (Å²) in [5.74, 6) is -3.87. The van der Waals surface area contributed by atoms with Crippen molar-refractivity contribution < 1.29 is 37.4 Å². The van der Waals surface area contributed by atoms with E-state index in [0.717, 1.165) is 0 Å². The van der Waals surface area contributed by atoms with Gasteiger partial charge in [0.25, 0.3) is 11.5 Å². The number of primary amides is 1. The fraction of sp³-hybridized carbons (Fsp3) is 0.267. The zero-order valence-electron chi connectivity index (χ0n) is 24.9. The minimum atomic E-state index is -5.08. The number of ether oxygens (including phenoxy) is 1. The van der Waals surface area contributed by atoms with Crippen LogP contribution < -0.4 is 27.1 Å².